The van der Waals surface area contributed by atoms with Crippen molar-refractivity contribution in [1.29, 1.82) is 0 Å². The van der Waals surface area contributed by atoms with Gasteiger partial charge in [-0.15, -0.1) is 5.10 Å². The van der Waals surface area contributed by atoms with Crippen LogP contribution in [0.3, 0.4) is 0 Å². The van der Waals surface area contributed by atoms with Crippen LogP contribution in [0.1, 0.15) is 92.6 Å². The first-order chi connectivity index (χ1) is 25.7. The summed E-state index contributed by atoms with van der Waals surface area (Å²) in [6.07, 6.45) is 3.03. The zero-order valence-corrected chi connectivity index (χ0v) is 33.8. The van der Waals surface area contributed by atoms with Crippen molar-refractivity contribution in [3.8, 4) is 22.5 Å². The lowest BCUT2D eigenvalue weighted by atomic mass is 9.88. The number of likely N-dealkylation sites (N-methyl/N-ethyl adjacent to an activating group) is 1. The van der Waals surface area contributed by atoms with E-state index in [1.165, 1.54) is 0 Å². The summed E-state index contributed by atoms with van der Waals surface area (Å²) in [5.74, 6) is 0.222. The van der Waals surface area contributed by atoms with Gasteiger partial charge in [-0.1, -0.05) is 75.4 Å². The Hall–Kier alpha value is -4.13. The number of aryl methyl sites for hydroxylation is 1. The third-order valence-electron chi connectivity index (χ3n) is 9.89. The number of hydrogen-bond donors (Lipinski definition) is 3. The first-order valence-electron chi connectivity index (χ1n) is 19.6. The van der Waals surface area contributed by atoms with Crippen LogP contribution in [-0.2, 0) is 36.9 Å². The van der Waals surface area contributed by atoms with Gasteiger partial charge in [-0.25, -0.2) is 4.68 Å². The zero-order valence-electron chi connectivity index (χ0n) is 33.8. The molecule has 0 spiro atoms. The maximum Gasteiger partial charge on any atom is 0.227 e. The molecule has 3 amide bonds. The summed E-state index contributed by atoms with van der Waals surface area (Å²) in [5, 5.41) is 18.4. The van der Waals surface area contributed by atoms with E-state index in [9.17, 15) is 14.4 Å². The minimum atomic E-state index is -0.556. The molecule has 0 aliphatic carbocycles. The van der Waals surface area contributed by atoms with Gasteiger partial charge in [0, 0.05) is 68.3 Å². The number of anilines is 1. The van der Waals surface area contributed by atoms with E-state index in [1.807, 2.05) is 88.8 Å². The molecule has 0 bridgehead atoms. The average Bonchev–Trinajstić information content (AvgIpc) is 3.52. The number of carbonyl (C=O) groups excluding carboxylic acids is 3. The van der Waals surface area contributed by atoms with Crippen LogP contribution in [0.15, 0.2) is 48.5 Å². The summed E-state index contributed by atoms with van der Waals surface area (Å²) < 4.78 is 13.9. The van der Waals surface area contributed by atoms with Crippen LogP contribution in [0, 0.1) is 11.3 Å². The molecule has 12 nitrogen and oxygen atoms in total. The number of benzene rings is 2. The van der Waals surface area contributed by atoms with Gasteiger partial charge in [0.15, 0.2) is 0 Å². The quantitative estimate of drug-likeness (QED) is 0.111. The molecular formula is C42H63N7O5. The Morgan fingerprint density at radius 2 is 1.61 bits per heavy atom. The van der Waals surface area contributed by atoms with Crippen molar-refractivity contribution in [2.24, 2.45) is 11.3 Å². The van der Waals surface area contributed by atoms with Crippen molar-refractivity contribution in [3.63, 3.8) is 0 Å². The number of ether oxygens (including phenoxy) is 2. The van der Waals surface area contributed by atoms with E-state index >= 15 is 0 Å². The smallest absolute Gasteiger partial charge is 0.227 e. The fourth-order valence-corrected chi connectivity index (χ4v) is 6.69. The third kappa shape index (κ3) is 12.2. The van der Waals surface area contributed by atoms with E-state index < -0.39 is 11.0 Å². The maximum absolute atomic E-state index is 13.9. The second kappa shape index (κ2) is 20.0. The monoisotopic (exact) mass is 745 g/mol. The lowest BCUT2D eigenvalue weighted by Crippen LogP contribution is -2.43. The van der Waals surface area contributed by atoms with Crippen molar-refractivity contribution < 1.29 is 23.9 Å². The number of amides is 3. The highest BCUT2D eigenvalue weighted by molar-refractivity contribution is 6.01. The minimum absolute atomic E-state index is 0.0351. The van der Waals surface area contributed by atoms with E-state index in [0.29, 0.717) is 58.2 Å². The van der Waals surface area contributed by atoms with E-state index in [4.69, 9.17) is 9.47 Å². The van der Waals surface area contributed by atoms with Gasteiger partial charge in [0.25, 0.3) is 0 Å². The highest BCUT2D eigenvalue weighted by atomic mass is 16.5. The Morgan fingerprint density at radius 3 is 2.35 bits per heavy atom. The molecule has 0 fully saturated rings. The highest BCUT2D eigenvalue weighted by Gasteiger charge is 2.31. The molecule has 1 aromatic heterocycles. The number of fused-ring (bicyclic) bond motifs is 5. The van der Waals surface area contributed by atoms with E-state index in [2.05, 4.69) is 46.2 Å². The molecule has 3 aromatic rings. The van der Waals surface area contributed by atoms with Crippen LogP contribution >= 0.6 is 0 Å². The molecule has 0 saturated carbocycles. The molecule has 0 radical (unpaired) electrons. The summed E-state index contributed by atoms with van der Waals surface area (Å²) in [6.45, 7) is 18.1. The Bertz CT molecular complexity index is 1680. The Kier molecular flexibility index (Phi) is 15.8. The average molecular weight is 746 g/mol. The van der Waals surface area contributed by atoms with Crippen LogP contribution in [-0.4, -0.2) is 84.3 Å². The third-order valence-corrected chi connectivity index (χ3v) is 9.89. The second-order valence-corrected chi connectivity index (χ2v) is 16.1. The summed E-state index contributed by atoms with van der Waals surface area (Å²) in [6, 6.07) is 16.0. The lowest BCUT2D eigenvalue weighted by Gasteiger charge is -2.30. The Balaban J connectivity index is 1.32. The SMILES string of the molecule is CNCCOCCCn1nnc2c1-c1ccccc1CN(C(=O)CCC(=O)NCCC(C)(C)OCCC(C)(C)C(=O)NC(C)CC(C)C)c1ccccc1-2. The van der Waals surface area contributed by atoms with Crippen LogP contribution in [0.4, 0.5) is 5.69 Å². The van der Waals surface area contributed by atoms with Gasteiger partial charge in [0.1, 0.15) is 5.69 Å². The van der Waals surface area contributed by atoms with Crippen molar-refractivity contribution in [2.45, 2.75) is 112 Å². The molecular weight excluding hydrogens is 683 g/mol. The van der Waals surface area contributed by atoms with E-state index in [1.54, 1.807) is 4.90 Å². The van der Waals surface area contributed by atoms with Crippen LogP contribution in [0.2, 0.25) is 0 Å². The highest BCUT2D eigenvalue weighted by Crippen LogP contribution is 2.41. The second-order valence-electron chi connectivity index (χ2n) is 16.1. The first-order valence-corrected chi connectivity index (χ1v) is 19.6. The number of nitrogens with zero attached hydrogens (tertiary/aromatic N) is 4. The molecule has 1 unspecified atom stereocenters. The molecule has 0 saturated heterocycles. The molecule has 296 valence electrons. The standard InChI is InChI=1S/C42H63N7O5/c1-30(2)28-31(3)45-40(52)41(4,5)21-26-54-42(6,7)20-22-44-36(50)18-19-37(51)48-29-32-14-9-10-15-33(32)39-38(34-16-11-12-17-35(34)48)46-47-49(39)24-13-25-53-27-23-43-8/h9-12,14-17,30-31,43H,13,18-29H2,1-8H3,(H,44,50)(H,45,52). The van der Waals surface area contributed by atoms with Gasteiger partial charge in [-0.3, -0.25) is 14.4 Å². The zero-order chi connectivity index (χ0) is 39.3. The van der Waals surface area contributed by atoms with Gasteiger partial charge in [-0.05, 0) is 71.0 Å². The molecule has 1 aliphatic heterocycles. The fraction of sp³-hybridized carbons (Fsp3) is 0.595. The Morgan fingerprint density at radius 1 is 0.889 bits per heavy atom. The first kappa shape index (κ1) is 42.6. The molecule has 1 atom stereocenters. The Labute approximate surface area is 322 Å². The molecule has 2 heterocycles. The van der Waals surface area contributed by atoms with Crippen LogP contribution < -0.4 is 20.9 Å². The molecule has 3 N–H and O–H groups in total. The van der Waals surface area contributed by atoms with Crippen LogP contribution in [0.5, 0.6) is 0 Å². The van der Waals surface area contributed by atoms with Crippen molar-refractivity contribution in [1.82, 2.24) is 30.9 Å². The summed E-state index contributed by atoms with van der Waals surface area (Å²) in [5.41, 5.74) is 4.11. The summed E-state index contributed by atoms with van der Waals surface area (Å²) in [4.78, 5) is 41.6. The molecule has 54 heavy (non-hydrogen) atoms. The normalized spacial score (nSPS) is 13.4. The summed E-state index contributed by atoms with van der Waals surface area (Å²) >= 11 is 0. The molecule has 4 rings (SSSR count). The van der Waals surface area contributed by atoms with Gasteiger partial charge >= 0.3 is 0 Å². The number of aromatic nitrogens is 3. The topological polar surface area (TPSA) is 140 Å². The van der Waals surface area contributed by atoms with Crippen molar-refractivity contribution >= 4 is 23.4 Å². The van der Waals surface area contributed by atoms with E-state index in [0.717, 1.165) is 53.2 Å². The van der Waals surface area contributed by atoms with Gasteiger partial charge < -0.3 is 30.3 Å². The van der Waals surface area contributed by atoms with E-state index in [-0.39, 0.29) is 36.6 Å². The minimum Gasteiger partial charge on any atom is -0.380 e. The molecule has 12 heteroatoms. The largest absolute Gasteiger partial charge is 0.380 e. The predicted molar refractivity (Wildman–Crippen MR) is 214 cm³/mol. The molecule has 1 aliphatic rings. The number of rotatable bonds is 21. The molecule has 2 aromatic carbocycles. The lowest BCUT2D eigenvalue weighted by molar-refractivity contribution is -0.132. The number of hydrogen-bond acceptors (Lipinski definition) is 8. The van der Waals surface area contributed by atoms with Crippen molar-refractivity contribution in [3.05, 3.63) is 54.1 Å². The van der Waals surface area contributed by atoms with Crippen LogP contribution in [0.25, 0.3) is 22.5 Å². The number of para-hydroxylation sites is 1. The van der Waals surface area contributed by atoms with Crippen molar-refractivity contribution in [2.75, 3.05) is 44.9 Å². The summed E-state index contributed by atoms with van der Waals surface area (Å²) in [7, 11) is 1.90. The maximum atomic E-state index is 13.9. The fourth-order valence-electron chi connectivity index (χ4n) is 6.69. The predicted octanol–water partition coefficient (Wildman–Crippen LogP) is 6.13. The van der Waals surface area contributed by atoms with Gasteiger partial charge in [0.05, 0.1) is 30.1 Å². The number of carbonyl (C=O) groups is 3. The number of nitrogens with one attached hydrogen (secondary N) is 3. The van der Waals surface area contributed by atoms with Gasteiger partial charge in [0.2, 0.25) is 17.7 Å². The van der Waals surface area contributed by atoms with Gasteiger partial charge in [-0.2, -0.15) is 0 Å².